The Morgan fingerprint density at radius 1 is 1.11 bits per heavy atom. The molecule has 1 heterocycles. The predicted molar refractivity (Wildman–Crippen MR) is 78.0 cm³/mol. The van der Waals surface area contributed by atoms with Crippen LogP contribution in [-0.4, -0.2) is 62.2 Å². The van der Waals surface area contributed by atoms with E-state index in [1.165, 1.54) is 64.6 Å². The van der Waals surface area contributed by atoms with Crippen LogP contribution in [0.4, 0.5) is 0 Å². The van der Waals surface area contributed by atoms with Crippen molar-refractivity contribution in [3.63, 3.8) is 0 Å². The van der Waals surface area contributed by atoms with Gasteiger partial charge >= 0.3 is 0 Å². The number of piperidine rings is 1. The fraction of sp³-hybridized carbons (Fsp3) is 1.00. The Hall–Kier alpha value is -0.120. The van der Waals surface area contributed by atoms with E-state index in [2.05, 4.69) is 36.3 Å². The quantitative estimate of drug-likeness (QED) is 0.826. The van der Waals surface area contributed by atoms with Crippen LogP contribution in [0.3, 0.4) is 0 Å². The monoisotopic (exact) mass is 253 g/mol. The van der Waals surface area contributed by atoms with Crippen molar-refractivity contribution in [2.75, 3.05) is 40.8 Å². The van der Waals surface area contributed by atoms with Crippen LogP contribution in [0.5, 0.6) is 0 Å². The number of likely N-dealkylation sites (N-methyl/N-ethyl adjacent to an activating group) is 1. The molecule has 0 aromatic heterocycles. The zero-order chi connectivity index (χ0) is 13.0. The summed E-state index contributed by atoms with van der Waals surface area (Å²) in [7, 11) is 6.77. The molecular weight excluding hydrogens is 222 g/mol. The van der Waals surface area contributed by atoms with E-state index in [1.807, 2.05) is 0 Å². The van der Waals surface area contributed by atoms with E-state index in [9.17, 15) is 0 Å². The summed E-state index contributed by atoms with van der Waals surface area (Å²) in [5.74, 6) is 0. The molecule has 2 fully saturated rings. The molecular formula is C15H31N3. The van der Waals surface area contributed by atoms with Gasteiger partial charge in [-0.05, 0) is 59.9 Å². The molecule has 1 saturated carbocycles. The van der Waals surface area contributed by atoms with Gasteiger partial charge in [0, 0.05) is 18.1 Å². The van der Waals surface area contributed by atoms with Gasteiger partial charge in [0.15, 0.2) is 0 Å². The van der Waals surface area contributed by atoms with Crippen molar-refractivity contribution in [3.05, 3.63) is 0 Å². The average Bonchev–Trinajstić information content (AvgIpc) is 2.39. The molecule has 2 rings (SSSR count). The van der Waals surface area contributed by atoms with Crippen molar-refractivity contribution in [1.82, 2.24) is 15.1 Å². The molecule has 0 aromatic carbocycles. The second-order valence-corrected chi connectivity index (χ2v) is 6.64. The third kappa shape index (κ3) is 3.46. The molecule has 0 amide bonds. The molecule has 1 aliphatic heterocycles. The Kier molecular flexibility index (Phi) is 5.05. The van der Waals surface area contributed by atoms with Crippen molar-refractivity contribution in [3.8, 4) is 0 Å². The zero-order valence-electron chi connectivity index (χ0n) is 12.5. The molecule has 0 unspecified atom stereocenters. The number of hydrogen-bond acceptors (Lipinski definition) is 3. The first kappa shape index (κ1) is 14.3. The molecule has 0 radical (unpaired) electrons. The van der Waals surface area contributed by atoms with E-state index >= 15 is 0 Å². The van der Waals surface area contributed by atoms with Crippen molar-refractivity contribution in [2.45, 2.75) is 56.5 Å². The molecule has 1 aliphatic carbocycles. The summed E-state index contributed by atoms with van der Waals surface area (Å²) in [6.45, 7) is 3.70. The summed E-state index contributed by atoms with van der Waals surface area (Å²) >= 11 is 0. The van der Waals surface area contributed by atoms with E-state index in [-0.39, 0.29) is 0 Å². The third-order valence-corrected chi connectivity index (χ3v) is 5.17. The highest BCUT2D eigenvalue weighted by molar-refractivity contribution is 4.94. The lowest BCUT2D eigenvalue weighted by Crippen LogP contribution is -2.55. The molecule has 3 nitrogen and oxygen atoms in total. The van der Waals surface area contributed by atoms with Gasteiger partial charge in [-0.2, -0.15) is 0 Å². The molecule has 1 N–H and O–H groups in total. The number of hydrogen-bond donors (Lipinski definition) is 1. The smallest absolute Gasteiger partial charge is 0.0327 e. The maximum Gasteiger partial charge on any atom is 0.0327 e. The van der Waals surface area contributed by atoms with Gasteiger partial charge in [-0.25, -0.2) is 0 Å². The molecule has 2 aliphatic rings. The maximum atomic E-state index is 3.87. The summed E-state index contributed by atoms with van der Waals surface area (Å²) in [6.07, 6.45) is 9.64. The summed E-state index contributed by atoms with van der Waals surface area (Å²) < 4.78 is 0. The molecule has 1 saturated heterocycles. The number of nitrogens with zero attached hydrogens (tertiary/aromatic N) is 2. The Labute approximate surface area is 113 Å². The number of likely N-dealkylation sites (tertiary alicyclic amines) is 1. The minimum Gasteiger partial charge on any atom is -0.312 e. The topological polar surface area (TPSA) is 18.5 Å². The minimum absolute atomic E-state index is 0.432. The predicted octanol–water partition coefficient (Wildman–Crippen LogP) is 1.93. The van der Waals surface area contributed by atoms with Gasteiger partial charge in [0.2, 0.25) is 0 Å². The highest BCUT2D eigenvalue weighted by atomic mass is 15.2. The van der Waals surface area contributed by atoms with Gasteiger partial charge in [-0.1, -0.05) is 19.3 Å². The fourth-order valence-electron chi connectivity index (χ4n) is 3.54. The van der Waals surface area contributed by atoms with Gasteiger partial charge in [0.25, 0.3) is 0 Å². The Balaban J connectivity index is 1.82. The van der Waals surface area contributed by atoms with Gasteiger partial charge in [0.05, 0.1) is 0 Å². The van der Waals surface area contributed by atoms with Crippen LogP contribution >= 0.6 is 0 Å². The van der Waals surface area contributed by atoms with E-state index in [0.29, 0.717) is 5.54 Å². The van der Waals surface area contributed by atoms with Crippen molar-refractivity contribution < 1.29 is 0 Å². The van der Waals surface area contributed by atoms with Crippen LogP contribution in [-0.2, 0) is 0 Å². The molecule has 0 aromatic rings. The normalized spacial score (nSPS) is 26.7. The SMILES string of the molecule is CN1CCC(NCC2(N(C)C)CCCCC2)CC1. The van der Waals surface area contributed by atoms with E-state index < -0.39 is 0 Å². The van der Waals surface area contributed by atoms with Gasteiger partial charge < -0.3 is 15.1 Å². The standard InChI is InChI=1S/C15H31N3/c1-17(2)15(9-5-4-6-10-15)13-16-14-7-11-18(3)12-8-14/h14,16H,4-13H2,1-3H3. The lowest BCUT2D eigenvalue weighted by molar-refractivity contribution is 0.0907. The van der Waals surface area contributed by atoms with E-state index in [0.717, 1.165) is 6.04 Å². The van der Waals surface area contributed by atoms with Crippen molar-refractivity contribution in [2.24, 2.45) is 0 Å². The second-order valence-electron chi connectivity index (χ2n) is 6.64. The first-order valence-corrected chi connectivity index (χ1v) is 7.72. The summed E-state index contributed by atoms with van der Waals surface area (Å²) in [5.41, 5.74) is 0.432. The fourth-order valence-corrected chi connectivity index (χ4v) is 3.54. The largest absolute Gasteiger partial charge is 0.312 e. The third-order valence-electron chi connectivity index (χ3n) is 5.17. The Bertz CT molecular complexity index is 238. The maximum absolute atomic E-state index is 3.87. The van der Waals surface area contributed by atoms with Gasteiger partial charge in [-0.3, -0.25) is 0 Å². The van der Waals surface area contributed by atoms with Crippen LogP contribution in [0.15, 0.2) is 0 Å². The van der Waals surface area contributed by atoms with Crippen molar-refractivity contribution in [1.29, 1.82) is 0 Å². The summed E-state index contributed by atoms with van der Waals surface area (Å²) in [5, 5.41) is 3.87. The van der Waals surface area contributed by atoms with Crippen LogP contribution < -0.4 is 5.32 Å². The van der Waals surface area contributed by atoms with Crippen LogP contribution in [0.25, 0.3) is 0 Å². The molecule has 0 spiro atoms. The average molecular weight is 253 g/mol. The van der Waals surface area contributed by atoms with Crippen molar-refractivity contribution >= 4 is 0 Å². The summed E-state index contributed by atoms with van der Waals surface area (Å²) in [6, 6.07) is 0.750. The Morgan fingerprint density at radius 3 is 2.28 bits per heavy atom. The van der Waals surface area contributed by atoms with Crippen LogP contribution in [0.1, 0.15) is 44.9 Å². The first-order chi connectivity index (χ1) is 8.62. The molecule has 18 heavy (non-hydrogen) atoms. The number of nitrogens with one attached hydrogen (secondary N) is 1. The van der Waals surface area contributed by atoms with E-state index in [4.69, 9.17) is 0 Å². The highest BCUT2D eigenvalue weighted by Gasteiger charge is 2.34. The van der Waals surface area contributed by atoms with Gasteiger partial charge in [0.1, 0.15) is 0 Å². The molecule has 0 atom stereocenters. The first-order valence-electron chi connectivity index (χ1n) is 7.72. The zero-order valence-corrected chi connectivity index (χ0v) is 12.5. The minimum atomic E-state index is 0.432. The van der Waals surface area contributed by atoms with Gasteiger partial charge in [-0.15, -0.1) is 0 Å². The lowest BCUT2D eigenvalue weighted by atomic mass is 9.80. The highest BCUT2D eigenvalue weighted by Crippen LogP contribution is 2.31. The molecule has 3 heteroatoms. The van der Waals surface area contributed by atoms with Crippen LogP contribution in [0.2, 0.25) is 0 Å². The molecule has 0 bridgehead atoms. The molecule has 106 valence electrons. The van der Waals surface area contributed by atoms with Crippen LogP contribution in [0, 0.1) is 0 Å². The summed E-state index contributed by atoms with van der Waals surface area (Å²) in [4.78, 5) is 4.93. The number of rotatable bonds is 4. The second kappa shape index (κ2) is 6.36. The lowest BCUT2D eigenvalue weighted by Gasteiger charge is -2.44. The van der Waals surface area contributed by atoms with E-state index in [1.54, 1.807) is 0 Å². The Morgan fingerprint density at radius 2 is 1.72 bits per heavy atom.